The number of ether oxygens (including phenoxy) is 1. The predicted octanol–water partition coefficient (Wildman–Crippen LogP) is 1.59. The molecular formula is C11H18ClNO2. The third-order valence-corrected chi connectivity index (χ3v) is 2.02. The molecule has 4 heteroatoms. The second-order valence-corrected chi connectivity index (χ2v) is 3.07. The van der Waals surface area contributed by atoms with Crippen LogP contribution in [0.5, 0.6) is 5.75 Å². The monoisotopic (exact) mass is 231 g/mol. The highest BCUT2D eigenvalue weighted by atomic mass is 35.5. The number of aliphatic hydroxyl groups excluding tert-OH is 1. The summed E-state index contributed by atoms with van der Waals surface area (Å²) < 4.78 is 5.21. The molecule has 0 unspecified atom stereocenters. The van der Waals surface area contributed by atoms with Crippen molar-refractivity contribution in [3.05, 3.63) is 29.8 Å². The van der Waals surface area contributed by atoms with Crippen LogP contribution in [0.4, 0.5) is 0 Å². The molecule has 0 aliphatic carbocycles. The summed E-state index contributed by atoms with van der Waals surface area (Å²) in [7, 11) is 1.67. The molecule has 0 radical (unpaired) electrons. The SMILES string of the molecule is COc1ccccc1CNCCCO.Cl. The first-order valence-electron chi connectivity index (χ1n) is 4.82. The van der Waals surface area contributed by atoms with E-state index in [0.717, 1.165) is 30.8 Å². The van der Waals surface area contributed by atoms with Crippen molar-refractivity contribution in [2.24, 2.45) is 0 Å². The molecule has 1 aromatic rings. The molecule has 0 heterocycles. The van der Waals surface area contributed by atoms with Gasteiger partial charge in [-0.1, -0.05) is 18.2 Å². The highest BCUT2D eigenvalue weighted by Gasteiger charge is 1.99. The Balaban J connectivity index is 0.00000196. The van der Waals surface area contributed by atoms with Gasteiger partial charge in [0, 0.05) is 18.7 Å². The van der Waals surface area contributed by atoms with Gasteiger partial charge in [-0.2, -0.15) is 0 Å². The van der Waals surface area contributed by atoms with E-state index in [9.17, 15) is 0 Å². The molecule has 0 bridgehead atoms. The highest BCUT2D eigenvalue weighted by Crippen LogP contribution is 2.16. The molecule has 3 nitrogen and oxygen atoms in total. The van der Waals surface area contributed by atoms with E-state index in [0.29, 0.717) is 0 Å². The lowest BCUT2D eigenvalue weighted by molar-refractivity contribution is 0.286. The smallest absolute Gasteiger partial charge is 0.123 e. The molecule has 0 aliphatic rings. The quantitative estimate of drug-likeness (QED) is 0.731. The van der Waals surface area contributed by atoms with E-state index >= 15 is 0 Å². The van der Waals surface area contributed by atoms with Gasteiger partial charge in [0.25, 0.3) is 0 Å². The topological polar surface area (TPSA) is 41.5 Å². The van der Waals surface area contributed by atoms with E-state index in [-0.39, 0.29) is 19.0 Å². The van der Waals surface area contributed by atoms with Gasteiger partial charge in [0.15, 0.2) is 0 Å². The zero-order valence-electron chi connectivity index (χ0n) is 8.90. The van der Waals surface area contributed by atoms with Crippen molar-refractivity contribution in [3.8, 4) is 5.75 Å². The first kappa shape index (κ1) is 14.2. The van der Waals surface area contributed by atoms with Crippen LogP contribution >= 0.6 is 12.4 Å². The Morgan fingerprint density at radius 1 is 1.33 bits per heavy atom. The van der Waals surface area contributed by atoms with Gasteiger partial charge in [-0.05, 0) is 19.0 Å². The summed E-state index contributed by atoms with van der Waals surface area (Å²) in [5.74, 6) is 0.906. The number of hydrogen-bond donors (Lipinski definition) is 2. The predicted molar refractivity (Wildman–Crippen MR) is 63.7 cm³/mol. The van der Waals surface area contributed by atoms with Crippen molar-refractivity contribution in [3.63, 3.8) is 0 Å². The van der Waals surface area contributed by atoms with Gasteiger partial charge >= 0.3 is 0 Å². The molecule has 1 rings (SSSR count). The number of rotatable bonds is 6. The minimum atomic E-state index is 0. The minimum Gasteiger partial charge on any atom is -0.496 e. The van der Waals surface area contributed by atoms with E-state index in [1.54, 1.807) is 7.11 Å². The molecule has 0 aromatic heterocycles. The van der Waals surface area contributed by atoms with Crippen molar-refractivity contribution in [2.75, 3.05) is 20.3 Å². The van der Waals surface area contributed by atoms with Crippen molar-refractivity contribution >= 4 is 12.4 Å². The number of halogens is 1. The Morgan fingerprint density at radius 3 is 2.73 bits per heavy atom. The van der Waals surface area contributed by atoms with Crippen LogP contribution in [-0.4, -0.2) is 25.4 Å². The molecule has 86 valence electrons. The lowest BCUT2D eigenvalue weighted by Crippen LogP contribution is -2.16. The van der Waals surface area contributed by atoms with E-state index in [4.69, 9.17) is 9.84 Å². The lowest BCUT2D eigenvalue weighted by atomic mass is 10.2. The molecule has 15 heavy (non-hydrogen) atoms. The van der Waals surface area contributed by atoms with Gasteiger partial charge in [0.2, 0.25) is 0 Å². The van der Waals surface area contributed by atoms with Crippen LogP contribution in [0.25, 0.3) is 0 Å². The third-order valence-electron chi connectivity index (χ3n) is 2.02. The van der Waals surface area contributed by atoms with Gasteiger partial charge in [-0.15, -0.1) is 12.4 Å². The number of aliphatic hydroxyl groups is 1. The van der Waals surface area contributed by atoms with Crippen LogP contribution in [-0.2, 0) is 6.54 Å². The zero-order chi connectivity index (χ0) is 10.2. The Hall–Kier alpha value is -0.770. The summed E-state index contributed by atoms with van der Waals surface area (Å²) in [5, 5.41) is 11.8. The normalized spacial score (nSPS) is 9.47. The molecule has 0 amide bonds. The standard InChI is InChI=1S/C11H17NO2.ClH/c1-14-11-6-3-2-5-10(11)9-12-7-4-8-13;/h2-3,5-6,12-13H,4,7-9H2,1H3;1H. The number of para-hydroxylation sites is 1. The first-order valence-corrected chi connectivity index (χ1v) is 4.82. The Morgan fingerprint density at radius 2 is 2.07 bits per heavy atom. The number of methoxy groups -OCH3 is 1. The molecule has 0 atom stereocenters. The summed E-state index contributed by atoms with van der Waals surface area (Å²) in [4.78, 5) is 0. The minimum absolute atomic E-state index is 0. The maximum absolute atomic E-state index is 8.60. The van der Waals surface area contributed by atoms with Crippen molar-refractivity contribution in [2.45, 2.75) is 13.0 Å². The molecule has 0 aliphatic heterocycles. The van der Waals surface area contributed by atoms with Crippen LogP contribution in [0.15, 0.2) is 24.3 Å². The molecule has 0 fully saturated rings. The first-order chi connectivity index (χ1) is 6.88. The van der Waals surface area contributed by atoms with Crippen LogP contribution in [0.2, 0.25) is 0 Å². The van der Waals surface area contributed by atoms with Gasteiger partial charge in [0.05, 0.1) is 7.11 Å². The Kier molecular flexibility index (Phi) is 8.09. The fraction of sp³-hybridized carbons (Fsp3) is 0.455. The summed E-state index contributed by atoms with van der Waals surface area (Å²) in [6.07, 6.45) is 0.787. The fourth-order valence-electron chi connectivity index (χ4n) is 1.28. The molecule has 0 saturated heterocycles. The van der Waals surface area contributed by atoms with E-state index < -0.39 is 0 Å². The van der Waals surface area contributed by atoms with Crippen LogP contribution in [0, 0.1) is 0 Å². The largest absolute Gasteiger partial charge is 0.496 e. The average molecular weight is 232 g/mol. The summed E-state index contributed by atoms with van der Waals surface area (Å²) >= 11 is 0. The van der Waals surface area contributed by atoms with Crippen LogP contribution in [0.1, 0.15) is 12.0 Å². The second kappa shape index (κ2) is 8.53. The molecule has 0 saturated carbocycles. The van der Waals surface area contributed by atoms with E-state index in [1.165, 1.54) is 0 Å². The van der Waals surface area contributed by atoms with Gasteiger partial charge in [-0.3, -0.25) is 0 Å². The summed E-state index contributed by atoms with van der Waals surface area (Å²) in [6, 6.07) is 7.93. The molecule has 1 aromatic carbocycles. The van der Waals surface area contributed by atoms with Crippen molar-refractivity contribution in [1.29, 1.82) is 0 Å². The van der Waals surface area contributed by atoms with Crippen molar-refractivity contribution in [1.82, 2.24) is 5.32 Å². The fourth-order valence-corrected chi connectivity index (χ4v) is 1.28. The third kappa shape index (κ3) is 5.02. The Labute approximate surface area is 96.9 Å². The molecule has 2 N–H and O–H groups in total. The number of nitrogens with one attached hydrogen (secondary N) is 1. The van der Waals surface area contributed by atoms with Gasteiger partial charge < -0.3 is 15.2 Å². The summed E-state index contributed by atoms with van der Waals surface area (Å²) in [5.41, 5.74) is 1.15. The maximum atomic E-state index is 8.60. The maximum Gasteiger partial charge on any atom is 0.123 e. The Bertz CT molecular complexity index is 269. The summed E-state index contributed by atoms with van der Waals surface area (Å²) in [6.45, 7) is 1.84. The van der Waals surface area contributed by atoms with Gasteiger partial charge in [-0.25, -0.2) is 0 Å². The zero-order valence-corrected chi connectivity index (χ0v) is 9.72. The van der Waals surface area contributed by atoms with E-state index in [1.807, 2.05) is 24.3 Å². The van der Waals surface area contributed by atoms with Crippen molar-refractivity contribution < 1.29 is 9.84 Å². The molecule has 0 spiro atoms. The van der Waals surface area contributed by atoms with Gasteiger partial charge in [0.1, 0.15) is 5.75 Å². The van der Waals surface area contributed by atoms with Crippen LogP contribution < -0.4 is 10.1 Å². The highest BCUT2D eigenvalue weighted by molar-refractivity contribution is 5.85. The van der Waals surface area contributed by atoms with E-state index in [2.05, 4.69) is 5.32 Å². The number of benzene rings is 1. The lowest BCUT2D eigenvalue weighted by Gasteiger charge is -2.08. The molecular weight excluding hydrogens is 214 g/mol. The average Bonchev–Trinajstić information content (AvgIpc) is 2.25. The second-order valence-electron chi connectivity index (χ2n) is 3.07. The van der Waals surface area contributed by atoms with Crippen LogP contribution in [0.3, 0.4) is 0 Å². The number of hydrogen-bond acceptors (Lipinski definition) is 3.